The molecular formula is C21H23F3N2O2. The molecule has 0 unspecified atom stereocenters. The van der Waals surface area contributed by atoms with Gasteiger partial charge in [-0.15, -0.1) is 0 Å². The molecule has 7 heteroatoms. The summed E-state index contributed by atoms with van der Waals surface area (Å²) in [6.07, 6.45) is -4.00. The molecule has 0 aromatic heterocycles. The first-order valence-corrected chi connectivity index (χ1v) is 9.26. The van der Waals surface area contributed by atoms with E-state index in [1.807, 2.05) is 35.2 Å². The monoisotopic (exact) mass is 392 g/mol. The van der Waals surface area contributed by atoms with Gasteiger partial charge in [-0.3, -0.25) is 9.69 Å². The first kappa shape index (κ1) is 20.2. The molecule has 1 fully saturated rings. The zero-order valence-electron chi connectivity index (χ0n) is 15.5. The number of para-hydroxylation sites is 1. The SMILES string of the molecule is O=C1CCN(Cc2cccc(C(F)(F)F)c2)CCN1CCOc1ccccc1. The summed E-state index contributed by atoms with van der Waals surface area (Å²) < 4.78 is 44.3. The lowest BCUT2D eigenvalue weighted by atomic mass is 10.1. The molecule has 28 heavy (non-hydrogen) atoms. The topological polar surface area (TPSA) is 32.8 Å². The average Bonchev–Trinajstić information content (AvgIpc) is 2.84. The van der Waals surface area contributed by atoms with Gasteiger partial charge in [0.15, 0.2) is 0 Å². The third-order valence-electron chi connectivity index (χ3n) is 4.71. The van der Waals surface area contributed by atoms with Crippen LogP contribution in [0.15, 0.2) is 54.6 Å². The minimum absolute atomic E-state index is 0.0446. The Morgan fingerprint density at radius 1 is 0.964 bits per heavy atom. The van der Waals surface area contributed by atoms with E-state index in [1.165, 1.54) is 12.1 Å². The normalized spacial score (nSPS) is 16.1. The highest BCUT2D eigenvalue weighted by Crippen LogP contribution is 2.29. The van der Waals surface area contributed by atoms with Crippen LogP contribution in [0, 0.1) is 0 Å². The number of hydrogen-bond donors (Lipinski definition) is 0. The van der Waals surface area contributed by atoms with Gasteiger partial charge in [0.05, 0.1) is 12.1 Å². The number of nitrogens with zero attached hydrogens (tertiary/aromatic N) is 2. The smallest absolute Gasteiger partial charge is 0.416 e. The fourth-order valence-electron chi connectivity index (χ4n) is 3.20. The van der Waals surface area contributed by atoms with E-state index < -0.39 is 11.7 Å². The molecule has 1 amide bonds. The van der Waals surface area contributed by atoms with E-state index in [0.717, 1.165) is 11.8 Å². The van der Waals surface area contributed by atoms with Gasteiger partial charge in [0.25, 0.3) is 0 Å². The number of hydrogen-bond acceptors (Lipinski definition) is 3. The van der Waals surface area contributed by atoms with Gasteiger partial charge in [-0.1, -0.05) is 36.4 Å². The molecule has 2 aromatic rings. The van der Waals surface area contributed by atoms with Crippen LogP contribution in [0.25, 0.3) is 0 Å². The number of ether oxygens (including phenoxy) is 1. The Labute approximate surface area is 162 Å². The number of amides is 1. The summed E-state index contributed by atoms with van der Waals surface area (Å²) in [4.78, 5) is 16.1. The second-order valence-corrected chi connectivity index (χ2v) is 6.77. The van der Waals surface area contributed by atoms with Crippen LogP contribution >= 0.6 is 0 Å². The van der Waals surface area contributed by atoms with Crippen molar-refractivity contribution in [1.29, 1.82) is 0 Å². The van der Waals surface area contributed by atoms with Crippen molar-refractivity contribution < 1.29 is 22.7 Å². The number of carbonyl (C=O) groups is 1. The Kier molecular flexibility index (Phi) is 6.57. The molecule has 3 rings (SSSR count). The molecular weight excluding hydrogens is 369 g/mol. The van der Waals surface area contributed by atoms with Gasteiger partial charge < -0.3 is 9.64 Å². The van der Waals surface area contributed by atoms with Crippen molar-refractivity contribution in [3.05, 3.63) is 65.7 Å². The lowest BCUT2D eigenvalue weighted by Gasteiger charge is -2.22. The van der Waals surface area contributed by atoms with Gasteiger partial charge in [-0.05, 0) is 23.8 Å². The maximum atomic E-state index is 12.9. The van der Waals surface area contributed by atoms with Crippen molar-refractivity contribution in [2.45, 2.75) is 19.1 Å². The number of halogens is 3. The average molecular weight is 392 g/mol. The lowest BCUT2D eigenvalue weighted by molar-refractivity contribution is -0.137. The van der Waals surface area contributed by atoms with Crippen molar-refractivity contribution in [3.63, 3.8) is 0 Å². The first-order valence-electron chi connectivity index (χ1n) is 9.26. The minimum Gasteiger partial charge on any atom is -0.492 e. The Hall–Kier alpha value is -2.54. The molecule has 1 aliphatic rings. The fraction of sp³-hybridized carbons (Fsp3) is 0.381. The van der Waals surface area contributed by atoms with Crippen LogP contribution in [0.3, 0.4) is 0 Å². The largest absolute Gasteiger partial charge is 0.492 e. The predicted molar refractivity (Wildman–Crippen MR) is 99.9 cm³/mol. The highest BCUT2D eigenvalue weighted by Gasteiger charge is 2.30. The van der Waals surface area contributed by atoms with E-state index in [9.17, 15) is 18.0 Å². The Bertz CT molecular complexity index is 781. The molecule has 0 aliphatic carbocycles. The molecule has 0 N–H and O–H groups in total. The molecule has 4 nitrogen and oxygen atoms in total. The zero-order valence-corrected chi connectivity index (χ0v) is 15.5. The lowest BCUT2D eigenvalue weighted by Crippen LogP contribution is -2.36. The van der Waals surface area contributed by atoms with Gasteiger partial charge in [-0.25, -0.2) is 0 Å². The maximum Gasteiger partial charge on any atom is 0.416 e. The summed E-state index contributed by atoms with van der Waals surface area (Å²) >= 11 is 0. The Balaban J connectivity index is 1.51. The van der Waals surface area contributed by atoms with Gasteiger partial charge in [0.1, 0.15) is 12.4 Å². The third kappa shape index (κ3) is 5.73. The van der Waals surface area contributed by atoms with Crippen LogP contribution in [0.1, 0.15) is 17.5 Å². The Morgan fingerprint density at radius 3 is 2.50 bits per heavy atom. The van der Waals surface area contributed by atoms with Crippen molar-refractivity contribution in [2.24, 2.45) is 0 Å². The van der Waals surface area contributed by atoms with Gasteiger partial charge in [0.2, 0.25) is 5.91 Å². The van der Waals surface area contributed by atoms with Crippen molar-refractivity contribution in [1.82, 2.24) is 9.80 Å². The molecule has 0 bridgehead atoms. The standard InChI is InChI=1S/C21H23F3N2O2/c22-21(23,24)18-6-4-5-17(15-18)16-25-10-9-20(27)26(12-11-25)13-14-28-19-7-2-1-3-8-19/h1-8,15H,9-14,16H2. The predicted octanol–water partition coefficient (Wildman–Crippen LogP) is 3.82. The van der Waals surface area contributed by atoms with Crippen LogP contribution in [-0.4, -0.2) is 48.5 Å². The van der Waals surface area contributed by atoms with E-state index in [1.54, 1.807) is 11.0 Å². The fourth-order valence-corrected chi connectivity index (χ4v) is 3.20. The van der Waals surface area contributed by atoms with E-state index in [-0.39, 0.29) is 5.91 Å². The maximum absolute atomic E-state index is 12.9. The second-order valence-electron chi connectivity index (χ2n) is 6.77. The van der Waals surface area contributed by atoms with E-state index in [0.29, 0.717) is 51.3 Å². The van der Waals surface area contributed by atoms with Gasteiger partial charge >= 0.3 is 6.18 Å². The number of rotatable bonds is 6. The molecule has 1 saturated heterocycles. The van der Waals surface area contributed by atoms with Crippen LogP contribution in [-0.2, 0) is 17.5 Å². The zero-order chi connectivity index (χ0) is 20.0. The summed E-state index contributed by atoms with van der Waals surface area (Å²) in [6, 6.07) is 14.8. The minimum atomic E-state index is -4.35. The van der Waals surface area contributed by atoms with E-state index in [2.05, 4.69) is 0 Å². The Morgan fingerprint density at radius 2 is 1.75 bits per heavy atom. The van der Waals surface area contributed by atoms with Crippen LogP contribution in [0.4, 0.5) is 13.2 Å². The highest BCUT2D eigenvalue weighted by molar-refractivity contribution is 5.76. The van der Waals surface area contributed by atoms with E-state index in [4.69, 9.17) is 4.74 Å². The summed E-state index contributed by atoms with van der Waals surface area (Å²) in [5.74, 6) is 0.805. The van der Waals surface area contributed by atoms with Crippen molar-refractivity contribution >= 4 is 5.91 Å². The molecule has 150 valence electrons. The molecule has 0 atom stereocenters. The third-order valence-corrected chi connectivity index (χ3v) is 4.71. The van der Waals surface area contributed by atoms with Gasteiger partial charge in [0, 0.05) is 32.6 Å². The van der Waals surface area contributed by atoms with Crippen LogP contribution in [0.5, 0.6) is 5.75 Å². The van der Waals surface area contributed by atoms with E-state index >= 15 is 0 Å². The summed E-state index contributed by atoms with van der Waals surface area (Å²) in [5.41, 5.74) is -0.0429. The number of carbonyl (C=O) groups excluding carboxylic acids is 1. The number of benzene rings is 2. The quantitative estimate of drug-likeness (QED) is 0.749. The molecule has 0 radical (unpaired) electrons. The summed E-state index contributed by atoms with van der Waals surface area (Å²) in [5, 5.41) is 0. The van der Waals surface area contributed by atoms with Gasteiger partial charge in [-0.2, -0.15) is 13.2 Å². The summed E-state index contributed by atoms with van der Waals surface area (Å²) in [7, 11) is 0. The van der Waals surface area contributed by atoms with Crippen LogP contribution < -0.4 is 4.74 Å². The van der Waals surface area contributed by atoms with Crippen LogP contribution in [0.2, 0.25) is 0 Å². The summed E-state index contributed by atoms with van der Waals surface area (Å²) in [6.45, 7) is 2.98. The first-order chi connectivity index (χ1) is 13.4. The molecule has 1 aliphatic heterocycles. The molecule has 2 aromatic carbocycles. The molecule has 0 saturated carbocycles. The molecule has 1 heterocycles. The number of alkyl halides is 3. The van der Waals surface area contributed by atoms with Crippen molar-refractivity contribution in [3.8, 4) is 5.75 Å². The highest BCUT2D eigenvalue weighted by atomic mass is 19.4. The van der Waals surface area contributed by atoms with Crippen molar-refractivity contribution in [2.75, 3.05) is 32.8 Å². The molecule has 0 spiro atoms. The second kappa shape index (κ2) is 9.10.